The normalized spacial score (nSPS) is 16.7. The number of hydrogen-bond donors (Lipinski definition) is 1. The number of methoxy groups -OCH3 is 1. The standard InChI is InChI=1S/C23H24ClFO5/c1-3-23(28,15-8-10-30-11-9-15)16-12-18(22(27)29-2)20(19(25)13-16)21(26)14-4-6-17(24)7-5-14/h4-7,12-13,15,28H,3,8-11H2,1-2H3/t23-/m0/s1. The third-order valence-electron chi connectivity index (χ3n) is 5.76. The number of ketones is 1. The zero-order chi connectivity index (χ0) is 21.9. The first-order valence-corrected chi connectivity index (χ1v) is 10.2. The van der Waals surface area contributed by atoms with Crippen molar-refractivity contribution in [3.05, 3.63) is 69.5 Å². The number of esters is 1. The Morgan fingerprint density at radius 1 is 1.23 bits per heavy atom. The molecule has 1 fully saturated rings. The lowest BCUT2D eigenvalue weighted by Gasteiger charge is -2.38. The first-order chi connectivity index (χ1) is 14.3. The Labute approximate surface area is 179 Å². The average molecular weight is 435 g/mol. The maximum Gasteiger partial charge on any atom is 0.338 e. The highest BCUT2D eigenvalue weighted by Gasteiger charge is 2.39. The summed E-state index contributed by atoms with van der Waals surface area (Å²) in [6, 6.07) is 8.47. The molecule has 1 N–H and O–H groups in total. The van der Waals surface area contributed by atoms with Gasteiger partial charge in [0.1, 0.15) is 5.82 Å². The maximum absolute atomic E-state index is 15.3. The summed E-state index contributed by atoms with van der Waals surface area (Å²) in [6.45, 7) is 2.82. The van der Waals surface area contributed by atoms with Crippen LogP contribution in [0.25, 0.3) is 0 Å². The summed E-state index contributed by atoms with van der Waals surface area (Å²) >= 11 is 5.86. The molecule has 0 saturated carbocycles. The van der Waals surface area contributed by atoms with Gasteiger partial charge in [-0.2, -0.15) is 0 Å². The van der Waals surface area contributed by atoms with Crippen LogP contribution in [0, 0.1) is 11.7 Å². The van der Waals surface area contributed by atoms with E-state index in [2.05, 4.69) is 0 Å². The molecule has 30 heavy (non-hydrogen) atoms. The Bertz CT molecular complexity index is 937. The van der Waals surface area contributed by atoms with Gasteiger partial charge >= 0.3 is 5.97 Å². The number of ether oxygens (including phenoxy) is 2. The number of halogens is 2. The van der Waals surface area contributed by atoms with Crippen LogP contribution in [0.4, 0.5) is 4.39 Å². The summed E-state index contributed by atoms with van der Waals surface area (Å²) in [5.74, 6) is -2.55. The molecule has 0 aliphatic carbocycles. The Morgan fingerprint density at radius 3 is 2.43 bits per heavy atom. The highest BCUT2D eigenvalue weighted by Crippen LogP contribution is 2.40. The molecular weight excluding hydrogens is 411 g/mol. The summed E-state index contributed by atoms with van der Waals surface area (Å²) in [6.07, 6.45) is 1.55. The SMILES string of the molecule is CC[C@@](O)(c1cc(F)c(C(=O)c2ccc(Cl)cc2)c(C(=O)OC)c1)C1CCOCC1. The van der Waals surface area contributed by atoms with E-state index in [9.17, 15) is 14.7 Å². The van der Waals surface area contributed by atoms with Gasteiger partial charge < -0.3 is 14.6 Å². The minimum Gasteiger partial charge on any atom is -0.465 e. The molecule has 0 spiro atoms. The fourth-order valence-corrected chi connectivity index (χ4v) is 4.13. The van der Waals surface area contributed by atoms with Gasteiger partial charge in [-0.05, 0) is 67.1 Å². The van der Waals surface area contributed by atoms with Crippen LogP contribution in [-0.4, -0.2) is 37.2 Å². The summed E-state index contributed by atoms with van der Waals surface area (Å²) < 4.78 is 25.4. The van der Waals surface area contributed by atoms with E-state index in [1.54, 1.807) is 6.92 Å². The van der Waals surface area contributed by atoms with Gasteiger partial charge in [-0.3, -0.25) is 4.79 Å². The van der Waals surface area contributed by atoms with Crippen LogP contribution in [0.1, 0.15) is 58.0 Å². The van der Waals surface area contributed by atoms with Crippen LogP contribution < -0.4 is 0 Å². The molecular formula is C23H24ClFO5. The van der Waals surface area contributed by atoms with E-state index in [4.69, 9.17) is 21.1 Å². The molecule has 1 saturated heterocycles. The van der Waals surface area contributed by atoms with Gasteiger partial charge in [0.05, 0.1) is 23.8 Å². The van der Waals surface area contributed by atoms with E-state index in [0.717, 1.165) is 13.2 Å². The van der Waals surface area contributed by atoms with Crippen molar-refractivity contribution in [1.29, 1.82) is 0 Å². The second-order valence-corrected chi connectivity index (χ2v) is 7.81. The minimum atomic E-state index is -1.35. The number of aliphatic hydroxyl groups is 1. The summed E-state index contributed by atoms with van der Waals surface area (Å²) in [7, 11) is 1.16. The van der Waals surface area contributed by atoms with Crippen LogP contribution in [0.15, 0.2) is 36.4 Å². The third kappa shape index (κ3) is 4.26. The summed E-state index contributed by atoms with van der Waals surface area (Å²) in [5.41, 5.74) is -1.52. The van der Waals surface area contributed by atoms with Crippen molar-refractivity contribution < 1.29 is 28.6 Å². The first-order valence-electron chi connectivity index (χ1n) is 9.84. The van der Waals surface area contributed by atoms with Gasteiger partial charge in [0.2, 0.25) is 0 Å². The van der Waals surface area contributed by atoms with Gasteiger partial charge in [-0.15, -0.1) is 0 Å². The van der Waals surface area contributed by atoms with Crippen LogP contribution in [0.3, 0.4) is 0 Å². The predicted molar refractivity (Wildman–Crippen MR) is 110 cm³/mol. The molecule has 1 aliphatic heterocycles. The van der Waals surface area contributed by atoms with Crippen LogP contribution in [-0.2, 0) is 15.1 Å². The minimum absolute atomic E-state index is 0.154. The van der Waals surface area contributed by atoms with Crippen LogP contribution in [0.5, 0.6) is 0 Å². The lowest BCUT2D eigenvalue weighted by Crippen LogP contribution is -2.38. The molecule has 1 atom stereocenters. The van der Waals surface area contributed by atoms with E-state index < -0.39 is 28.7 Å². The van der Waals surface area contributed by atoms with Gasteiger partial charge in [0, 0.05) is 23.8 Å². The fourth-order valence-electron chi connectivity index (χ4n) is 4.01. The predicted octanol–water partition coefficient (Wildman–Crippen LogP) is 4.52. The lowest BCUT2D eigenvalue weighted by molar-refractivity contribution is -0.0732. The van der Waals surface area contributed by atoms with E-state index in [1.165, 1.54) is 30.3 Å². The Balaban J connectivity index is 2.12. The molecule has 2 aromatic rings. The second-order valence-electron chi connectivity index (χ2n) is 7.37. The Hall–Kier alpha value is -2.28. The topological polar surface area (TPSA) is 72.8 Å². The molecule has 0 amide bonds. The second kappa shape index (κ2) is 9.25. The van der Waals surface area contributed by atoms with E-state index >= 15 is 4.39 Å². The van der Waals surface area contributed by atoms with Crippen molar-refractivity contribution in [3.63, 3.8) is 0 Å². The van der Waals surface area contributed by atoms with Crippen molar-refractivity contribution in [2.24, 2.45) is 5.92 Å². The van der Waals surface area contributed by atoms with Crippen LogP contribution in [0.2, 0.25) is 5.02 Å². The summed E-state index contributed by atoms with van der Waals surface area (Å²) in [5, 5.41) is 11.9. The Kier molecular flexibility index (Phi) is 6.91. The number of benzene rings is 2. The molecule has 0 radical (unpaired) electrons. The molecule has 0 aromatic heterocycles. The maximum atomic E-state index is 15.3. The molecule has 1 aliphatic rings. The largest absolute Gasteiger partial charge is 0.465 e. The molecule has 5 nitrogen and oxygen atoms in total. The Morgan fingerprint density at radius 2 is 1.87 bits per heavy atom. The highest BCUT2D eigenvalue weighted by atomic mass is 35.5. The zero-order valence-electron chi connectivity index (χ0n) is 16.9. The number of carbonyl (C=O) groups is 2. The molecule has 2 aromatic carbocycles. The quantitative estimate of drug-likeness (QED) is 0.534. The van der Waals surface area contributed by atoms with Crippen molar-refractivity contribution in [2.45, 2.75) is 31.8 Å². The number of rotatable bonds is 6. The highest BCUT2D eigenvalue weighted by molar-refractivity contribution is 6.30. The lowest BCUT2D eigenvalue weighted by atomic mass is 9.74. The van der Waals surface area contributed by atoms with Crippen molar-refractivity contribution >= 4 is 23.4 Å². The van der Waals surface area contributed by atoms with E-state index in [-0.39, 0.29) is 22.6 Å². The molecule has 0 unspecified atom stereocenters. The molecule has 3 rings (SSSR count). The van der Waals surface area contributed by atoms with Crippen molar-refractivity contribution in [3.8, 4) is 0 Å². The van der Waals surface area contributed by atoms with Gasteiger partial charge in [0.15, 0.2) is 5.78 Å². The van der Waals surface area contributed by atoms with Crippen LogP contribution >= 0.6 is 11.6 Å². The smallest absolute Gasteiger partial charge is 0.338 e. The van der Waals surface area contributed by atoms with E-state index in [1.807, 2.05) is 0 Å². The third-order valence-corrected chi connectivity index (χ3v) is 6.02. The molecule has 7 heteroatoms. The monoisotopic (exact) mass is 434 g/mol. The van der Waals surface area contributed by atoms with Gasteiger partial charge in [-0.25, -0.2) is 9.18 Å². The summed E-state index contributed by atoms with van der Waals surface area (Å²) in [4.78, 5) is 25.4. The first kappa shape index (κ1) is 22.4. The molecule has 160 valence electrons. The van der Waals surface area contributed by atoms with Gasteiger partial charge in [0.25, 0.3) is 0 Å². The van der Waals surface area contributed by atoms with E-state index in [0.29, 0.717) is 37.5 Å². The average Bonchev–Trinajstić information content (AvgIpc) is 2.78. The zero-order valence-corrected chi connectivity index (χ0v) is 17.7. The molecule has 0 bridgehead atoms. The number of hydrogen-bond acceptors (Lipinski definition) is 5. The number of carbonyl (C=O) groups excluding carboxylic acids is 2. The fraction of sp³-hybridized carbons (Fsp3) is 0.391. The van der Waals surface area contributed by atoms with Crippen molar-refractivity contribution in [2.75, 3.05) is 20.3 Å². The molecule has 1 heterocycles. The van der Waals surface area contributed by atoms with Gasteiger partial charge in [-0.1, -0.05) is 18.5 Å². The van der Waals surface area contributed by atoms with Crippen molar-refractivity contribution in [1.82, 2.24) is 0 Å².